The third-order valence-corrected chi connectivity index (χ3v) is 7.70. The van der Waals surface area contributed by atoms with E-state index in [1.165, 1.54) is 10.6 Å². The Kier molecular flexibility index (Phi) is 6.36. The molecule has 0 bridgehead atoms. The van der Waals surface area contributed by atoms with Crippen LogP contribution in [0.1, 0.15) is 29.8 Å². The summed E-state index contributed by atoms with van der Waals surface area (Å²) in [6.07, 6.45) is -3.70. The second-order valence-corrected chi connectivity index (χ2v) is 10.4. The number of benzene rings is 2. The number of piperazine rings is 1. The molecule has 40 heavy (non-hydrogen) atoms. The van der Waals surface area contributed by atoms with Gasteiger partial charge in [-0.2, -0.15) is 5.26 Å². The van der Waals surface area contributed by atoms with Crippen molar-refractivity contribution >= 4 is 28.3 Å². The summed E-state index contributed by atoms with van der Waals surface area (Å²) in [5, 5.41) is 10.0. The van der Waals surface area contributed by atoms with Gasteiger partial charge in [0, 0.05) is 43.8 Å². The van der Waals surface area contributed by atoms with Crippen molar-refractivity contribution in [3.63, 3.8) is 0 Å². The van der Waals surface area contributed by atoms with E-state index in [4.69, 9.17) is 16.3 Å². The van der Waals surface area contributed by atoms with Gasteiger partial charge in [-0.3, -0.25) is 9.69 Å². The van der Waals surface area contributed by atoms with Gasteiger partial charge < -0.3 is 18.9 Å². The van der Waals surface area contributed by atoms with Gasteiger partial charge in [0.05, 0.1) is 17.2 Å². The Morgan fingerprint density at radius 2 is 1.77 bits per heavy atom. The number of hydrogen-bond acceptors (Lipinski definition) is 7. The fourth-order valence-corrected chi connectivity index (χ4v) is 5.69. The molecule has 204 valence electrons. The lowest BCUT2D eigenvalue weighted by molar-refractivity contribution is -0.286. The van der Waals surface area contributed by atoms with E-state index in [2.05, 4.69) is 32.5 Å². The molecule has 4 aromatic rings. The lowest BCUT2D eigenvalue weighted by Gasteiger charge is -2.44. The normalized spacial score (nSPS) is 19.0. The average Bonchev–Trinajstić information content (AvgIpc) is 3.25. The summed E-state index contributed by atoms with van der Waals surface area (Å²) in [5.74, 6) is -0.0253. The smallest absolute Gasteiger partial charge is 0.395 e. The maximum absolute atomic E-state index is 13.7. The molecule has 2 aliphatic heterocycles. The molecule has 2 atom stereocenters. The monoisotopic (exact) mass is 563 g/mol. The molecule has 2 aromatic carbocycles. The van der Waals surface area contributed by atoms with Crippen LogP contribution < -0.4 is 19.9 Å². The van der Waals surface area contributed by atoms with E-state index < -0.39 is 6.29 Å². The zero-order chi connectivity index (χ0) is 28.2. The van der Waals surface area contributed by atoms with Gasteiger partial charge in [0.1, 0.15) is 17.3 Å². The molecule has 0 saturated carbocycles. The van der Waals surface area contributed by atoms with E-state index in [9.17, 15) is 18.8 Å². The Morgan fingerprint density at radius 1 is 1.05 bits per heavy atom. The number of fused-ring (bicyclic) bond motifs is 2. The molecule has 0 amide bonds. The molecular weight excluding hydrogens is 540 g/mol. The zero-order valence-electron chi connectivity index (χ0n) is 21.6. The Hall–Kier alpha value is -4.20. The number of anilines is 1. The summed E-state index contributed by atoms with van der Waals surface area (Å²) in [6.45, 7) is 3.81. The van der Waals surface area contributed by atoms with Crippen LogP contribution in [0.2, 0.25) is 5.02 Å². The van der Waals surface area contributed by atoms with Gasteiger partial charge in [-0.15, -0.1) is 8.78 Å². The van der Waals surface area contributed by atoms with E-state index >= 15 is 0 Å². The standard InChI is InChI=1S/C29H24ClF2N5O3/c1-17-16-36(11-12-37(17)23-14-26(38)35(2)22-9-8-21(15-33)34-27(22)23)28(18-3-6-20(30)7-4-18)19-5-10-24-25(13-19)40-29(31,32)39-24/h3-10,13-14,17,28H,11-12,16H2,1-2H3/t17-,28?/m0/s1. The maximum atomic E-state index is 13.7. The number of pyridine rings is 2. The number of hydrogen-bond donors (Lipinski definition) is 0. The van der Waals surface area contributed by atoms with Crippen molar-refractivity contribution in [1.82, 2.24) is 14.5 Å². The van der Waals surface area contributed by atoms with E-state index in [-0.39, 0.29) is 34.8 Å². The SMILES string of the molecule is C[C@H]1CN(C(c2ccc(Cl)cc2)c2ccc3c(c2)OC(F)(F)O3)CCN1c1cc(=O)n(C)c2ccc(C#N)nc12. The Bertz CT molecular complexity index is 1720. The van der Waals surface area contributed by atoms with Crippen LogP contribution in [0.3, 0.4) is 0 Å². The zero-order valence-corrected chi connectivity index (χ0v) is 22.4. The summed E-state index contributed by atoms with van der Waals surface area (Å²) in [5.41, 5.74) is 3.72. The summed E-state index contributed by atoms with van der Waals surface area (Å²) in [7, 11) is 1.68. The van der Waals surface area contributed by atoms with Gasteiger partial charge in [0.2, 0.25) is 0 Å². The fourth-order valence-electron chi connectivity index (χ4n) is 5.57. The molecule has 2 aliphatic rings. The van der Waals surface area contributed by atoms with Gasteiger partial charge in [0.15, 0.2) is 11.5 Å². The minimum Gasteiger partial charge on any atom is -0.395 e. The molecule has 0 radical (unpaired) electrons. The van der Waals surface area contributed by atoms with Crippen LogP contribution >= 0.6 is 11.6 Å². The predicted octanol–water partition coefficient (Wildman–Crippen LogP) is 5.08. The summed E-state index contributed by atoms with van der Waals surface area (Å²) >= 11 is 6.17. The Labute approximate surface area is 233 Å². The van der Waals surface area contributed by atoms with Crippen LogP contribution in [-0.4, -0.2) is 46.4 Å². The first-order valence-corrected chi connectivity index (χ1v) is 13.1. The largest absolute Gasteiger partial charge is 0.586 e. The fraction of sp³-hybridized carbons (Fsp3) is 0.276. The highest BCUT2D eigenvalue weighted by atomic mass is 35.5. The first-order chi connectivity index (χ1) is 19.1. The third-order valence-electron chi connectivity index (χ3n) is 7.44. The highest BCUT2D eigenvalue weighted by Gasteiger charge is 2.44. The van der Waals surface area contributed by atoms with Crippen molar-refractivity contribution in [2.45, 2.75) is 25.3 Å². The van der Waals surface area contributed by atoms with Gasteiger partial charge in [-0.05, 0) is 54.4 Å². The van der Waals surface area contributed by atoms with Crippen molar-refractivity contribution < 1.29 is 18.3 Å². The second-order valence-electron chi connectivity index (χ2n) is 9.97. The number of rotatable bonds is 4. The van der Waals surface area contributed by atoms with Crippen LogP contribution in [0.4, 0.5) is 14.5 Å². The quantitative estimate of drug-likeness (QED) is 0.342. The second kappa shape index (κ2) is 9.77. The number of nitriles is 1. The lowest BCUT2D eigenvalue weighted by Crippen LogP contribution is -2.53. The molecule has 1 saturated heterocycles. The summed E-state index contributed by atoms with van der Waals surface area (Å²) in [4.78, 5) is 21.7. The Balaban J connectivity index is 1.36. The van der Waals surface area contributed by atoms with E-state index in [0.717, 1.165) is 11.1 Å². The predicted molar refractivity (Wildman–Crippen MR) is 146 cm³/mol. The molecule has 8 nitrogen and oxygen atoms in total. The molecule has 1 unspecified atom stereocenters. The summed E-state index contributed by atoms with van der Waals surface area (Å²) in [6, 6.07) is 19.0. The molecule has 0 N–H and O–H groups in total. The number of alkyl halides is 2. The molecule has 1 fully saturated rings. The minimum absolute atomic E-state index is 0.0106. The van der Waals surface area contributed by atoms with Gasteiger partial charge in [-0.1, -0.05) is 29.8 Å². The third kappa shape index (κ3) is 4.61. The molecular formula is C29H24ClF2N5O3. The topological polar surface area (TPSA) is 83.6 Å². The molecule has 6 rings (SSSR count). The van der Waals surface area contributed by atoms with Gasteiger partial charge >= 0.3 is 6.29 Å². The van der Waals surface area contributed by atoms with Crippen LogP contribution in [-0.2, 0) is 7.05 Å². The van der Waals surface area contributed by atoms with Gasteiger partial charge in [-0.25, -0.2) is 4.98 Å². The number of nitrogens with zero attached hydrogens (tertiary/aromatic N) is 5. The first kappa shape index (κ1) is 26.0. The molecule has 0 aliphatic carbocycles. The Morgan fingerprint density at radius 3 is 2.50 bits per heavy atom. The average molecular weight is 564 g/mol. The molecule has 2 aromatic heterocycles. The number of aromatic nitrogens is 2. The van der Waals surface area contributed by atoms with E-state index in [1.54, 1.807) is 49.5 Å². The molecule has 0 spiro atoms. The van der Waals surface area contributed by atoms with Crippen molar-refractivity contribution in [1.29, 1.82) is 5.26 Å². The van der Waals surface area contributed by atoms with Crippen molar-refractivity contribution in [3.8, 4) is 17.6 Å². The maximum Gasteiger partial charge on any atom is 0.586 e. The summed E-state index contributed by atoms with van der Waals surface area (Å²) < 4.78 is 38.3. The molecule has 11 heteroatoms. The first-order valence-electron chi connectivity index (χ1n) is 12.7. The highest BCUT2D eigenvalue weighted by molar-refractivity contribution is 6.30. The molecule has 4 heterocycles. The van der Waals surface area contributed by atoms with Crippen LogP contribution in [0.15, 0.2) is 65.5 Å². The lowest BCUT2D eigenvalue weighted by atomic mass is 9.95. The number of halogens is 3. The van der Waals surface area contributed by atoms with Crippen LogP contribution in [0.25, 0.3) is 11.0 Å². The van der Waals surface area contributed by atoms with Crippen molar-refractivity contribution in [2.24, 2.45) is 7.05 Å². The van der Waals surface area contributed by atoms with Crippen LogP contribution in [0, 0.1) is 11.3 Å². The number of ether oxygens (including phenoxy) is 2. The number of aryl methyl sites for hydroxylation is 1. The van der Waals surface area contributed by atoms with E-state index in [1.807, 2.05) is 12.1 Å². The van der Waals surface area contributed by atoms with Crippen molar-refractivity contribution in [3.05, 3.63) is 92.9 Å². The minimum atomic E-state index is -3.70. The van der Waals surface area contributed by atoms with Gasteiger partial charge in [0.25, 0.3) is 5.56 Å². The highest BCUT2D eigenvalue weighted by Crippen LogP contribution is 2.44. The van der Waals surface area contributed by atoms with Crippen LogP contribution in [0.5, 0.6) is 11.5 Å². The van der Waals surface area contributed by atoms with Crippen molar-refractivity contribution in [2.75, 3.05) is 24.5 Å². The van der Waals surface area contributed by atoms with E-state index in [0.29, 0.717) is 41.4 Å².